The maximum absolute atomic E-state index is 13.0. The van der Waals surface area contributed by atoms with Gasteiger partial charge in [0.1, 0.15) is 5.82 Å². The van der Waals surface area contributed by atoms with E-state index in [1.165, 1.54) is 18.2 Å². The first-order chi connectivity index (χ1) is 10.5. The number of thiazole rings is 1. The molecular weight excluding hydrogens is 323 g/mol. The molecule has 3 aromatic rings. The first-order valence-electron chi connectivity index (χ1n) is 6.58. The van der Waals surface area contributed by atoms with Crippen molar-refractivity contribution in [1.82, 2.24) is 9.38 Å². The van der Waals surface area contributed by atoms with Gasteiger partial charge in [-0.25, -0.2) is 9.37 Å². The number of benzene rings is 1. The number of imidazole rings is 1. The molecule has 0 spiro atoms. The van der Waals surface area contributed by atoms with Gasteiger partial charge in [-0.05, 0) is 44.2 Å². The van der Waals surface area contributed by atoms with Crippen LogP contribution in [-0.2, 0) is 0 Å². The van der Waals surface area contributed by atoms with Crippen molar-refractivity contribution in [1.29, 1.82) is 0 Å². The summed E-state index contributed by atoms with van der Waals surface area (Å²) in [6.45, 7) is 3.88. The van der Waals surface area contributed by atoms with Crippen molar-refractivity contribution in [3.05, 3.63) is 63.1 Å². The molecule has 0 N–H and O–H groups in total. The van der Waals surface area contributed by atoms with Crippen LogP contribution in [0.15, 0.2) is 29.7 Å². The molecule has 22 heavy (non-hydrogen) atoms. The SMILES string of the molecule is Cc1nc2scc(C)n2c1/C=C/C(=O)c1ccc(F)cc1Cl. The molecule has 0 bridgehead atoms. The first-order valence-corrected chi connectivity index (χ1v) is 7.83. The van der Waals surface area contributed by atoms with Crippen molar-refractivity contribution >= 4 is 39.8 Å². The Morgan fingerprint density at radius 3 is 2.91 bits per heavy atom. The second kappa shape index (κ2) is 5.66. The fourth-order valence-electron chi connectivity index (χ4n) is 2.26. The molecule has 2 heterocycles. The van der Waals surface area contributed by atoms with E-state index in [0.717, 1.165) is 28.1 Å². The monoisotopic (exact) mass is 334 g/mol. The number of halogens is 2. The lowest BCUT2D eigenvalue weighted by molar-refractivity contribution is 0.104. The van der Waals surface area contributed by atoms with Crippen molar-refractivity contribution in [2.24, 2.45) is 0 Å². The summed E-state index contributed by atoms with van der Waals surface area (Å²) < 4.78 is 15.0. The number of nitrogens with zero attached hydrogens (tertiary/aromatic N) is 2. The minimum atomic E-state index is -0.465. The van der Waals surface area contributed by atoms with E-state index < -0.39 is 5.82 Å². The van der Waals surface area contributed by atoms with Gasteiger partial charge in [-0.2, -0.15) is 0 Å². The minimum Gasteiger partial charge on any atom is -0.289 e. The summed E-state index contributed by atoms with van der Waals surface area (Å²) in [6.07, 6.45) is 3.16. The quantitative estimate of drug-likeness (QED) is 0.514. The van der Waals surface area contributed by atoms with Gasteiger partial charge in [0.15, 0.2) is 10.7 Å². The second-order valence-corrected chi connectivity index (χ2v) is 6.14. The zero-order chi connectivity index (χ0) is 15.9. The summed E-state index contributed by atoms with van der Waals surface area (Å²) in [4.78, 5) is 17.6. The van der Waals surface area contributed by atoms with Crippen LogP contribution >= 0.6 is 22.9 Å². The highest BCUT2D eigenvalue weighted by molar-refractivity contribution is 7.15. The van der Waals surface area contributed by atoms with Crippen LogP contribution in [0.4, 0.5) is 4.39 Å². The maximum atomic E-state index is 13.0. The van der Waals surface area contributed by atoms with E-state index in [0.29, 0.717) is 0 Å². The van der Waals surface area contributed by atoms with Gasteiger partial charge in [-0.1, -0.05) is 11.6 Å². The van der Waals surface area contributed by atoms with Crippen LogP contribution in [0.2, 0.25) is 5.02 Å². The molecule has 1 aromatic carbocycles. The highest BCUT2D eigenvalue weighted by atomic mass is 35.5. The van der Waals surface area contributed by atoms with Gasteiger partial charge in [0.25, 0.3) is 0 Å². The van der Waals surface area contributed by atoms with Gasteiger partial charge in [0.05, 0.1) is 16.4 Å². The lowest BCUT2D eigenvalue weighted by Crippen LogP contribution is -1.97. The second-order valence-electron chi connectivity index (χ2n) is 4.90. The molecule has 0 saturated carbocycles. The maximum Gasteiger partial charge on any atom is 0.194 e. The molecule has 112 valence electrons. The number of rotatable bonds is 3. The van der Waals surface area contributed by atoms with Crippen molar-refractivity contribution < 1.29 is 9.18 Å². The number of aromatic nitrogens is 2. The third kappa shape index (κ3) is 2.58. The van der Waals surface area contributed by atoms with Crippen LogP contribution in [-0.4, -0.2) is 15.2 Å². The van der Waals surface area contributed by atoms with Crippen LogP contribution in [0.1, 0.15) is 27.4 Å². The van der Waals surface area contributed by atoms with Crippen molar-refractivity contribution in [2.75, 3.05) is 0 Å². The Balaban J connectivity index is 1.97. The third-order valence-electron chi connectivity index (χ3n) is 3.34. The molecule has 0 saturated heterocycles. The summed E-state index contributed by atoms with van der Waals surface area (Å²) >= 11 is 7.46. The Labute approximate surface area is 135 Å². The fraction of sp³-hybridized carbons (Fsp3) is 0.125. The van der Waals surface area contributed by atoms with Gasteiger partial charge < -0.3 is 0 Å². The van der Waals surface area contributed by atoms with E-state index in [1.54, 1.807) is 17.4 Å². The summed E-state index contributed by atoms with van der Waals surface area (Å²) in [5, 5.41) is 2.12. The van der Waals surface area contributed by atoms with Crippen LogP contribution in [0.5, 0.6) is 0 Å². The number of hydrogen-bond acceptors (Lipinski definition) is 3. The average Bonchev–Trinajstić information content (AvgIpc) is 2.96. The highest BCUT2D eigenvalue weighted by Crippen LogP contribution is 2.22. The number of ketones is 1. The standard InChI is InChI=1S/C16H12ClFN2OS/c1-9-8-22-16-19-10(2)14(20(9)16)5-6-15(21)12-4-3-11(18)7-13(12)17/h3-8H,1-2H3/b6-5+. The van der Waals surface area contributed by atoms with E-state index >= 15 is 0 Å². The molecule has 0 aliphatic carbocycles. The molecule has 0 radical (unpaired) electrons. The zero-order valence-corrected chi connectivity index (χ0v) is 13.5. The molecule has 2 aromatic heterocycles. The zero-order valence-electron chi connectivity index (χ0n) is 11.9. The van der Waals surface area contributed by atoms with Gasteiger partial charge in [0.2, 0.25) is 0 Å². The Bertz CT molecular complexity index is 910. The Morgan fingerprint density at radius 1 is 1.41 bits per heavy atom. The van der Waals surface area contributed by atoms with Crippen LogP contribution in [0, 0.1) is 19.7 Å². The number of hydrogen-bond donors (Lipinski definition) is 0. The summed E-state index contributed by atoms with van der Waals surface area (Å²) in [6, 6.07) is 3.74. The number of carbonyl (C=O) groups is 1. The lowest BCUT2D eigenvalue weighted by Gasteiger charge is -2.00. The number of aryl methyl sites for hydroxylation is 2. The Hall–Kier alpha value is -1.98. The Kier molecular flexibility index (Phi) is 3.85. The van der Waals surface area contributed by atoms with Crippen LogP contribution < -0.4 is 0 Å². The molecule has 0 aliphatic heterocycles. The number of allylic oxidation sites excluding steroid dienone is 1. The van der Waals surface area contributed by atoms with Gasteiger partial charge in [-0.3, -0.25) is 9.20 Å². The van der Waals surface area contributed by atoms with Gasteiger partial charge in [-0.15, -0.1) is 11.3 Å². The van der Waals surface area contributed by atoms with E-state index in [-0.39, 0.29) is 16.4 Å². The topological polar surface area (TPSA) is 34.4 Å². The van der Waals surface area contributed by atoms with Crippen LogP contribution in [0.25, 0.3) is 11.0 Å². The number of fused-ring (bicyclic) bond motifs is 1. The van der Waals surface area contributed by atoms with Crippen molar-refractivity contribution in [3.63, 3.8) is 0 Å². The van der Waals surface area contributed by atoms with Crippen molar-refractivity contribution in [3.8, 4) is 0 Å². The molecule has 6 heteroatoms. The van der Waals surface area contributed by atoms with Gasteiger partial charge in [0, 0.05) is 16.6 Å². The molecule has 0 fully saturated rings. The first kappa shape index (κ1) is 14.9. The molecule has 3 nitrogen and oxygen atoms in total. The molecule has 0 amide bonds. The van der Waals surface area contributed by atoms with E-state index in [2.05, 4.69) is 4.98 Å². The largest absolute Gasteiger partial charge is 0.289 e. The van der Waals surface area contributed by atoms with E-state index in [1.807, 2.05) is 23.6 Å². The third-order valence-corrected chi connectivity index (χ3v) is 4.60. The summed E-state index contributed by atoms with van der Waals surface area (Å²) in [7, 11) is 0. The average molecular weight is 335 g/mol. The molecular formula is C16H12ClFN2OS. The Morgan fingerprint density at radius 2 is 2.18 bits per heavy atom. The molecule has 3 rings (SSSR count). The summed E-state index contributed by atoms with van der Waals surface area (Å²) in [5.74, 6) is -0.736. The smallest absolute Gasteiger partial charge is 0.194 e. The summed E-state index contributed by atoms with van der Waals surface area (Å²) in [5.41, 5.74) is 3.05. The normalized spacial score (nSPS) is 11.6. The van der Waals surface area contributed by atoms with E-state index in [9.17, 15) is 9.18 Å². The van der Waals surface area contributed by atoms with E-state index in [4.69, 9.17) is 11.6 Å². The highest BCUT2D eigenvalue weighted by Gasteiger charge is 2.12. The van der Waals surface area contributed by atoms with Crippen LogP contribution in [0.3, 0.4) is 0 Å². The lowest BCUT2D eigenvalue weighted by atomic mass is 10.1. The predicted molar refractivity (Wildman–Crippen MR) is 87.3 cm³/mol. The predicted octanol–water partition coefficient (Wildman–Crippen LogP) is 4.70. The van der Waals surface area contributed by atoms with Crippen molar-refractivity contribution in [2.45, 2.75) is 13.8 Å². The molecule has 0 aliphatic rings. The number of carbonyl (C=O) groups excluding carboxylic acids is 1. The molecule has 0 unspecified atom stereocenters. The minimum absolute atomic E-state index is 0.108. The molecule has 0 atom stereocenters. The fourth-order valence-corrected chi connectivity index (χ4v) is 3.43. The van der Waals surface area contributed by atoms with Gasteiger partial charge >= 0.3 is 0 Å².